The molecular formula is C23H30N4O7. The van der Waals surface area contributed by atoms with Gasteiger partial charge < -0.3 is 25.4 Å². The number of hydrogen-bond acceptors (Lipinski definition) is 8. The molecule has 0 aliphatic carbocycles. The van der Waals surface area contributed by atoms with Crippen LogP contribution in [0.5, 0.6) is 0 Å². The van der Waals surface area contributed by atoms with Gasteiger partial charge in [0.2, 0.25) is 11.7 Å². The van der Waals surface area contributed by atoms with Crippen LogP contribution < -0.4 is 16.0 Å². The molecule has 0 fully saturated rings. The Morgan fingerprint density at radius 2 is 1.68 bits per heavy atom. The van der Waals surface area contributed by atoms with Crippen LogP contribution in [0.25, 0.3) is 0 Å². The summed E-state index contributed by atoms with van der Waals surface area (Å²) in [5, 5.41) is 15.9. The van der Waals surface area contributed by atoms with Crippen LogP contribution in [0.15, 0.2) is 30.3 Å². The summed E-state index contributed by atoms with van der Waals surface area (Å²) >= 11 is 0. The summed E-state index contributed by atoms with van der Waals surface area (Å²) in [5.74, 6) is -3.12. The minimum atomic E-state index is -1.29. The number of hydrogen-bond donors (Lipinski definition) is 3. The third-order valence-electron chi connectivity index (χ3n) is 4.24. The van der Waals surface area contributed by atoms with E-state index >= 15 is 0 Å². The Hall–Kier alpha value is -3.94. The first-order valence-electron chi connectivity index (χ1n) is 10.7. The number of nitrogens with one attached hydrogen (secondary N) is 3. The molecule has 0 spiro atoms. The second kappa shape index (κ2) is 13.6. The van der Waals surface area contributed by atoms with Crippen molar-refractivity contribution in [1.29, 1.82) is 5.26 Å². The van der Waals surface area contributed by atoms with Crippen LogP contribution in [-0.2, 0) is 30.5 Å². The van der Waals surface area contributed by atoms with E-state index in [4.69, 9.17) is 14.7 Å². The van der Waals surface area contributed by atoms with E-state index in [0.29, 0.717) is 0 Å². The van der Waals surface area contributed by atoms with Crippen molar-refractivity contribution in [3.8, 4) is 6.07 Å². The Labute approximate surface area is 198 Å². The summed E-state index contributed by atoms with van der Waals surface area (Å²) in [6.07, 6.45) is -1.14. The van der Waals surface area contributed by atoms with Gasteiger partial charge in [-0.05, 0) is 46.1 Å². The predicted octanol–water partition coefficient (Wildman–Crippen LogP) is 1.75. The Bertz CT molecular complexity index is 919. The van der Waals surface area contributed by atoms with Crippen LogP contribution in [0.3, 0.4) is 0 Å². The highest BCUT2D eigenvalue weighted by atomic mass is 16.6. The summed E-state index contributed by atoms with van der Waals surface area (Å²) in [6, 6.07) is 7.72. The van der Waals surface area contributed by atoms with Gasteiger partial charge in [0.15, 0.2) is 0 Å². The highest BCUT2D eigenvalue weighted by Crippen LogP contribution is 2.07. The van der Waals surface area contributed by atoms with Gasteiger partial charge in [-0.25, -0.2) is 9.59 Å². The molecule has 2 atom stereocenters. The maximum Gasteiger partial charge on any atom is 0.408 e. The molecule has 0 aliphatic rings. The quantitative estimate of drug-likeness (QED) is 0.248. The zero-order valence-corrected chi connectivity index (χ0v) is 19.7. The standard InChI is InChI=1S/C23H30N4O7/c1-15(19(29)18(28)13-24)26-20(30)17(11-8-12-25-21(31)34-23(2,3)4)27-22(32)33-14-16-9-6-5-7-10-16/h5-7,9-10,15,17H,8,11-12,14H2,1-4H3,(H,25,31)(H,26,30)(H,27,32)/t15-,17-/m0/s1. The molecule has 0 saturated carbocycles. The fourth-order valence-electron chi connectivity index (χ4n) is 2.62. The number of benzene rings is 1. The van der Waals surface area contributed by atoms with Crippen molar-refractivity contribution in [2.45, 2.75) is 64.8 Å². The van der Waals surface area contributed by atoms with Crippen LogP contribution in [-0.4, -0.2) is 53.9 Å². The van der Waals surface area contributed by atoms with E-state index in [1.165, 1.54) is 13.0 Å². The highest BCUT2D eigenvalue weighted by molar-refractivity contribution is 6.45. The molecule has 1 rings (SSSR count). The third kappa shape index (κ3) is 11.1. The zero-order chi connectivity index (χ0) is 25.7. The Kier molecular flexibility index (Phi) is 11.2. The average molecular weight is 475 g/mol. The van der Waals surface area contributed by atoms with Gasteiger partial charge in [-0.1, -0.05) is 30.3 Å². The fraction of sp³-hybridized carbons (Fsp3) is 0.478. The van der Waals surface area contributed by atoms with Gasteiger partial charge in [-0.2, -0.15) is 5.26 Å². The van der Waals surface area contributed by atoms with Crippen LogP contribution >= 0.6 is 0 Å². The minimum absolute atomic E-state index is 0.0211. The molecule has 184 valence electrons. The van der Waals surface area contributed by atoms with Crippen molar-refractivity contribution in [3.63, 3.8) is 0 Å². The molecule has 11 heteroatoms. The van der Waals surface area contributed by atoms with E-state index in [9.17, 15) is 24.0 Å². The number of nitrogens with zero attached hydrogens (tertiary/aromatic N) is 1. The number of rotatable bonds is 11. The molecule has 3 amide bonds. The summed E-state index contributed by atoms with van der Waals surface area (Å²) in [6.45, 7) is 6.55. The second-order valence-corrected chi connectivity index (χ2v) is 8.37. The van der Waals surface area contributed by atoms with Gasteiger partial charge in [0, 0.05) is 6.54 Å². The molecular weight excluding hydrogens is 444 g/mol. The molecule has 0 aromatic heterocycles. The highest BCUT2D eigenvalue weighted by Gasteiger charge is 2.27. The lowest BCUT2D eigenvalue weighted by Crippen LogP contribution is -2.51. The monoisotopic (exact) mass is 474 g/mol. The van der Waals surface area contributed by atoms with E-state index in [1.807, 2.05) is 6.07 Å². The molecule has 0 unspecified atom stereocenters. The Morgan fingerprint density at radius 1 is 1.03 bits per heavy atom. The lowest BCUT2D eigenvalue weighted by atomic mass is 10.1. The molecule has 0 radical (unpaired) electrons. The average Bonchev–Trinajstić information content (AvgIpc) is 2.77. The van der Waals surface area contributed by atoms with E-state index in [2.05, 4.69) is 16.0 Å². The van der Waals surface area contributed by atoms with Gasteiger partial charge in [0.25, 0.3) is 5.78 Å². The van der Waals surface area contributed by atoms with Crippen molar-refractivity contribution >= 4 is 29.7 Å². The molecule has 11 nitrogen and oxygen atoms in total. The third-order valence-corrected chi connectivity index (χ3v) is 4.24. The van der Waals surface area contributed by atoms with Crippen LogP contribution in [0.4, 0.5) is 9.59 Å². The first kappa shape index (κ1) is 28.1. The maximum absolute atomic E-state index is 12.7. The van der Waals surface area contributed by atoms with Crippen molar-refractivity contribution in [2.75, 3.05) is 6.54 Å². The number of carbonyl (C=O) groups excluding carboxylic acids is 5. The number of ketones is 2. The number of carbonyl (C=O) groups is 5. The molecule has 1 aromatic carbocycles. The molecule has 3 N–H and O–H groups in total. The van der Waals surface area contributed by atoms with E-state index in [1.54, 1.807) is 45.0 Å². The van der Waals surface area contributed by atoms with E-state index in [0.717, 1.165) is 5.56 Å². The van der Waals surface area contributed by atoms with Crippen LogP contribution in [0.2, 0.25) is 0 Å². The molecule has 0 saturated heterocycles. The number of ether oxygens (including phenoxy) is 2. The SMILES string of the molecule is C[C@H](NC(=O)[C@H](CCCNC(=O)OC(C)(C)C)NC(=O)OCc1ccccc1)C(=O)C(=O)C#N. The molecule has 0 aliphatic heterocycles. The summed E-state index contributed by atoms with van der Waals surface area (Å²) in [5.41, 5.74) is 0.0783. The molecule has 1 aromatic rings. The number of nitriles is 1. The zero-order valence-electron chi connectivity index (χ0n) is 19.7. The van der Waals surface area contributed by atoms with Crippen molar-refractivity contribution in [1.82, 2.24) is 16.0 Å². The van der Waals surface area contributed by atoms with Crippen LogP contribution in [0, 0.1) is 11.3 Å². The van der Waals surface area contributed by atoms with Crippen molar-refractivity contribution in [3.05, 3.63) is 35.9 Å². The Morgan fingerprint density at radius 3 is 2.26 bits per heavy atom. The van der Waals surface area contributed by atoms with Crippen molar-refractivity contribution in [2.24, 2.45) is 0 Å². The van der Waals surface area contributed by atoms with Crippen LogP contribution in [0.1, 0.15) is 46.1 Å². The van der Waals surface area contributed by atoms with E-state index < -0.39 is 47.3 Å². The summed E-state index contributed by atoms with van der Waals surface area (Å²) in [7, 11) is 0. The first-order chi connectivity index (χ1) is 15.9. The predicted molar refractivity (Wildman–Crippen MR) is 120 cm³/mol. The fourth-order valence-corrected chi connectivity index (χ4v) is 2.62. The largest absolute Gasteiger partial charge is 0.445 e. The number of amides is 3. The first-order valence-corrected chi connectivity index (χ1v) is 10.7. The topological polar surface area (TPSA) is 164 Å². The van der Waals surface area contributed by atoms with Gasteiger partial charge in [0.1, 0.15) is 24.3 Å². The second-order valence-electron chi connectivity index (χ2n) is 8.37. The van der Waals surface area contributed by atoms with Gasteiger partial charge in [0.05, 0.1) is 6.04 Å². The number of alkyl carbamates (subject to hydrolysis) is 2. The van der Waals surface area contributed by atoms with E-state index in [-0.39, 0.29) is 26.0 Å². The lowest BCUT2D eigenvalue weighted by Gasteiger charge is -2.21. The summed E-state index contributed by atoms with van der Waals surface area (Å²) < 4.78 is 10.3. The number of Topliss-reactive ketones (excluding diaryl/α,β-unsaturated/α-hetero) is 2. The normalized spacial score (nSPS) is 12.3. The lowest BCUT2D eigenvalue weighted by molar-refractivity contribution is -0.136. The molecule has 0 bridgehead atoms. The minimum Gasteiger partial charge on any atom is -0.445 e. The van der Waals surface area contributed by atoms with Gasteiger partial charge in [-0.3, -0.25) is 14.4 Å². The smallest absolute Gasteiger partial charge is 0.408 e. The molecule has 34 heavy (non-hydrogen) atoms. The maximum atomic E-state index is 12.7. The van der Waals surface area contributed by atoms with Gasteiger partial charge >= 0.3 is 12.2 Å². The van der Waals surface area contributed by atoms with Crippen molar-refractivity contribution < 1.29 is 33.4 Å². The van der Waals surface area contributed by atoms with Gasteiger partial charge in [-0.15, -0.1) is 0 Å². The summed E-state index contributed by atoms with van der Waals surface area (Å²) in [4.78, 5) is 59.7. The Balaban J connectivity index is 2.70. The molecule has 0 heterocycles.